The van der Waals surface area contributed by atoms with Gasteiger partial charge in [0.1, 0.15) is 12.7 Å². The first-order chi connectivity index (χ1) is 8.27. The van der Waals surface area contributed by atoms with Crippen LogP contribution >= 0.6 is 0 Å². The maximum atomic E-state index is 3.50. The lowest BCUT2D eigenvalue weighted by atomic mass is 10.1. The van der Waals surface area contributed by atoms with E-state index >= 15 is 0 Å². The van der Waals surface area contributed by atoms with Crippen molar-refractivity contribution >= 4 is 10.9 Å². The zero-order valence-corrected chi connectivity index (χ0v) is 12.6. The van der Waals surface area contributed by atoms with Gasteiger partial charge in [0.05, 0.1) is 0 Å². The highest BCUT2D eigenvalue weighted by atomic mass is 127. The van der Waals surface area contributed by atoms with Crippen molar-refractivity contribution in [3.8, 4) is 11.4 Å². The lowest BCUT2D eigenvalue weighted by molar-refractivity contribution is -0.660. The quantitative estimate of drug-likeness (QED) is 0.470. The fraction of sp³-hybridized carbons (Fsp3) is 0.133. The number of pyridine rings is 1. The molecule has 0 saturated heterocycles. The molecule has 3 rings (SSSR count). The number of halogens is 1. The van der Waals surface area contributed by atoms with E-state index in [0.29, 0.717) is 0 Å². The summed E-state index contributed by atoms with van der Waals surface area (Å²) in [4.78, 5) is 3.50. The van der Waals surface area contributed by atoms with Crippen LogP contribution in [-0.4, -0.2) is 4.98 Å². The van der Waals surface area contributed by atoms with Crippen LogP contribution in [0.3, 0.4) is 0 Å². The number of H-pyrrole nitrogens is 1. The van der Waals surface area contributed by atoms with Crippen molar-refractivity contribution in [1.29, 1.82) is 0 Å². The van der Waals surface area contributed by atoms with Gasteiger partial charge in [-0.3, -0.25) is 0 Å². The third kappa shape index (κ3) is 2.03. The summed E-state index contributed by atoms with van der Waals surface area (Å²) in [6, 6.07) is 14.7. The molecule has 0 aliphatic carbocycles. The highest BCUT2D eigenvalue weighted by Crippen LogP contribution is 2.27. The number of rotatable bonds is 1. The normalized spacial score (nSPS) is 10.3. The van der Waals surface area contributed by atoms with Crippen LogP contribution in [0.25, 0.3) is 22.3 Å². The smallest absolute Gasteiger partial charge is 0.228 e. The molecule has 0 fully saturated rings. The molecule has 0 unspecified atom stereocenters. The number of nitrogens with one attached hydrogen (secondary N) is 1. The van der Waals surface area contributed by atoms with Gasteiger partial charge >= 0.3 is 0 Å². The molecule has 1 N–H and O–H groups in total. The van der Waals surface area contributed by atoms with Gasteiger partial charge in [-0.05, 0) is 24.6 Å². The van der Waals surface area contributed by atoms with Crippen LogP contribution in [0.15, 0.2) is 48.7 Å². The van der Waals surface area contributed by atoms with Gasteiger partial charge in [0, 0.05) is 23.0 Å². The van der Waals surface area contributed by atoms with Crippen molar-refractivity contribution in [3.63, 3.8) is 0 Å². The molecule has 2 aromatic heterocycles. The van der Waals surface area contributed by atoms with E-state index in [-0.39, 0.29) is 24.0 Å². The molecule has 0 saturated carbocycles. The maximum Gasteiger partial charge on any atom is 0.228 e. The molecule has 0 aliphatic rings. The number of aromatic amines is 1. The molecule has 3 aromatic rings. The molecule has 0 spiro atoms. The summed E-state index contributed by atoms with van der Waals surface area (Å²) in [6.45, 7) is 2.17. The van der Waals surface area contributed by atoms with Crippen molar-refractivity contribution < 1.29 is 28.5 Å². The molecule has 3 heteroatoms. The van der Waals surface area contributed by atoms with Crippen LogP contribution in [0, 0.1) is 6.92 Å². The predicted octanol–water partition coefficient (Wildman–Crippen LogP) is -0.0282. The highest BCUT2D eigenvalue weighted by Gasteiger charge is 2.15. The van der Waals surface area contributed by atoms with Gasteiger partial charge in [0.25, 0.3) is 0 Å². The van der Waals surface area contributed by atoms with Gasteiger partial charge in [0.2, 0.25) is 5.69 Å². The second kappa shape index (κ2) is 5.10. The second-order valence-corrected chi connectivity index (χ2v) is 4.37. The average Bonchev–Trinajstić information content (AvgIpc) is 2.68. The van der Waals surface area contributed by atoms with E-state index in [2.05, 4.69) is 66.1 Å². The standard InChI is InChI=1S/C15H14N2.HI/c1-11-12-7-3-4-8-13(12)16-15(11)14-9-5-6-10-17(14)2;/h3-10H,1-2H3;1H. The number of aryl methyl sites for hydroxylation is 2. The van der Waals surface area contributed by atoms with Crippen molar-refractivity contribution in [3.05, 3.63) is 54.2 Å². The van der Waals surface area contributed by atoms with Crippen LogP contribution in [0.5, 0.6) is 0 Å². The first-order valence-corrected chi connectivity index (χ1v) is 5.80. The third-order valence-electron chi connectivity index (χ3n) is 3.28. The fourth-order valence-electron chi connectivity index (χ4n) is 2.32. The summed E-state index contributed by atoms with van der Waals surface area (Å²) in [7, 11) is 2.07. The largest absolute Gasteiger partial charge is 1.00 e. The Kier molecular flexibility index (Phi) is 3.71. The third-order valence-corrected chi connectivity index (χ3v) is 3.28. The first-order valence-electron chi connectivity index (χ1n) is 5.80. The fourth-order valence-corrected chi connectivity index (χ4v) is 2.32. The Labute approximate surface area is 124 Å². The molecule has 92 valence electrons. The molecule has 2 nitrogen and oxygen atoms in total. The van der Waals surface area contributed by atoms with E-state index in [9.17, 15) is 0 Å². The van der Waals surface area contributed by atoms with Crippen molar-refractivity contribution in [2.24, 2.45) is 7.05 Å². The van der Waals surface area contributed by atoms with E-state index in [1.165, 1.54) is 27.9 Å². The number of nitrogens with zero attached hydrogens (tertiary/aromatic N) is 1. The molecule has 1 aromatic carbocycles. The Morgan fingerprint density at radius 2 is 1.72 bits per heavy atom. The van der Waals surface area contributed by atoms with Gasteiger partial charge in [-0.1, -0.05) is 18.2 Å². The molecular formula is C15H15IN2. The SMILES string of the molecule is Cc1c(-c2cccc[n+]2C)[nH]c2ccccc12.[I-]. The Morgan fingerprint density at radius 1 is 1.00 bits per heavy atom. The summed E-state index contributed by atoms with van der Waals surface area (Å²) in [5, 5.41) is 1.30. The molecular weight excluding hydrogens is 335 g/mol. The van der Waals surface area contributed by atoms with E-state index in [1.807, 2.05) is 6.07 Å². The predicted molar refractivity (Wildman–Crippen MR) is 69.6 cm³/mol. The van der Waals surface area contributed by atoms with Gasteiger partial charge in [0.15, 0.2) is 6.20 Å². The summed E-state index contributed by atoms with van der Waals surface area (Å²) in [5.41, 5.74) is 4.92. The summed E-state index contributed by atoms with van der Waals surface area (Å²) in [5.74, 6) is 0. The van der Waals surface area contributed by atoms with Crippen molar-refractivity contribution in [1.82, 2.24) is 4.98 Å². The number of hydrogen-bond donors (Lipinski definition) is 1. The number of hydrogen-bond acceptors (Lipinski definition) is 0. The molecule has 0 amide bonds. The van der Waals surface area contributed by atoms with Gasteiger partial charge in [-0.2, -0.15) is 4.57 Å². The van der Waals surface area contributed by atoms with Gasteiger partial charge in [-0.15, -0.1) is 0 Å². The van der Waals surface area contributed by atoms with Gasteiger partial charge < -0.3 is 29.0 Å². The summed E-state index contributed by atoms with van der Waals surface area (Å²) < 4.78 is 2.14. The number of benzene rings is 1. The summed E-state index contributed by atoms with van der Waals surface area (Å²) in [6.07, 6.45) is 2.07. The summed E-state index contributed by atoms with van der Waals surface area (Å²) >= 11 is 0. The topological polar surface area (TPSA) is 19.7 Å². The van der Waals surface area contributed by atoms with Crippen molar-refractivity contribution in [2.75, 3.05) is 0 Å². The Bertz CT molecular complexity index is 686. The van der Waals surface area contributed by atoms with Crippen LogP contribution in [0.4, 0.5) is 0 Å². The van der Waals surface area contributed by atoms with Gasteiger partial charge in [-0.25, -0.2) is 0 Å². The molecule has 0 radical (unpaired) electrons. The van der Waals surface area contributed by atoms with E-state index < -0.39 is 0 Å². The molecule has 0 bridgehead atoms. The Hall–Kier alpha value is -1.36. The van der Waals surface area contributed by atoms with E-state index in [1.54, 1.807) is 0 Å². The van der Waals surface area contributed by atoms with Crippen molar-refractivity contribution in [2.45, 2.75) is 6.92 Å². The molecule has 2 heterocycles. The number of para-hydroxylation sites is 1. The molecule has 18 heavy (non-hydrogen) atoms. The minimum Gasteiger partial charge on any atom is -1.00 e. The minimum absolute atomic E-state index is 0. The Balaban J connectivity index is 0.00000120. The maximum absolute atomic E-state index is 3.50. The average molecular weight is 350 g/mol. The number of aromatic nitrogens is 2. The van der Waals surface area contributed by atoms with E-state index in [0.717, 1.165) is 0 Å². The van der Waals surface area contributed by atoms with E-state index in [4.69, 9.17) is 0 Å². The lowest BCUT2D eigenvalue weighted by Gasteiger charge is -1.98. The molecule has 0 aliphatic heterocycles. The lowest BCUT2D eigenvalue weighted by Crippen LogP contribution is -3.00. The van der Waals surface area contributed by atoms with Crippen LogP contribution in [0.2, 0.25) is 0 Å². The monoisotopic (exact) mass is 350 g/mol. The van der Waals surface area contributed by atoms with Crippen LogP contribution in [-0.2, 0) is 7.05 Å². The Morgan fingerprint density at radius 3 is 2.44 bits per heavy atom. The minimum atomic E-state index is 0. The zero-order valence-electron chi connectivity index (χ0n) is 10.4. The number of fused-ring (bicyclic) bond motifs is 1. The van der Waals surface area contributed by atoms with Crippen LogP contribution in [0.1, 0.15) is 5.56 Å². The van der Waals surface area contributed by atoms with Crippen LogP contribution < -0.4 is 28.5 Å². The molecule has 0 atom stereocenters. The second-order valence-electron chi connectivity index (χ2n) is 4.37. The zero-order chi connectivity index (χ0) is 11.8. The first kappa shape index (κ1) is 13.1. The highest BCUT2D eigenvalue weighted by molar-refractivity contribution is 5.89.